The van der Waals surface area contributed by atoms with Gasteiger partial charge in [-0.25, -0.2) is 4.39 Å². The van der Waals surface area contributed by atoms with Crippen molar-refractivity contribution in [2.75, 3.05) is 46.8 Å². The van der Waals surface area contributed by atoms with Gasteiger partial charge in [0.1, 0.15) is 24.2 Å². The lowest BCUT2D eigenvalue weighted by atomic mass is 10.2. The van der Waals surface area contributed by atoms with E-state index in [1.165, 1.54) is 12.1 Å². The Morgan fingerprint density at radius 3 is 2.35 bits per heavy atom. The summed E-state index contributed by atoms with van der Waals surface area (Å²) in [5.41, 5.74) is 0.174. The van der Waals surface area contributed by atoms with Crippen LogP contribution in [-0.4, -0.2) is 46.8 Å². The average molecular weight is 283 g/mol. The summed E-state index contributed by atoms with van der Waals surface area (Å²) in [6.07, 6.45) is 0. The minimum Gasteiger partial charge on any atom is -0.490 e. The maximum absolute atomic E-state index is 12.9. The molecule has 0 bridgehead atoms. The molecule has 0 atom stereocenters. The molecule has 0 fully saturated rings. The van der Waals surface area contributed by atoms with Gasteiger partial charge >= 0.3 is 0 Å². The first-order chi connectivity index (χ1) is 9.77. The summed E-state index contributed by atoms with van der Waals surface area (Å²) in [6, 6.07) is 5.70. The maximum Gasteiger partial charge on any atom is 0.137 e. The Balaban J connectivity index is 2.11. The Morgan fingerprint density at radius 2 is 1.70 bits per heavy atom. The third-order valence-corrected chi connectivity index (χ3v) is 2.35. The first-order valence-electron chi connectivity index (χ1n) is 6.25. The third-order valence-electron chi connectivity index (χ3n) is 2.35. The van der Waals surface area contributed by atoms with Gasteiger partial charge in [0.05, 0.1) is 38.6 Å². The van der Waals surface area contributed by atoms with Gasteiger partial charge in [-0.2, -0.15) is 5.26 Å². The van der Waals surface area contributed by atoms with Crippen molar-refractivity contribution in [2.45, 2.75) is 0 Å². The number of rotatable bonds is 10. The molecule has 20 heavy (non-hydrogen) atoms. The lowest BCUT2D eigenvalue weighted by Crippen LogP contribution is -2.12. The van der Waals surface area contributed by atoms with E-state index >= 15 is 0 Å². The summed E-state index contributed by atoms with van der Waals surface area (Å²) < 4.78 is 33.6. The number of halogens is 1. The van der Waals surface area contributed by atoms with Crippen LogP contribution < -0.4 is 4.74 Å². The van der Waals surface area contributed by atoms with E-state index in [-0.39, 0.29) is 5.56 Å². The summed E-state index contributed by atoms with van der Waals surface area (Å²) in [5, 5.41) is 8.83. The first-order valence-corrected chi connectivity index (χ1v) is 6.25. The van der Waals surface area contributed by atoms with E-state index in [2.05, 4.69) is 0 Å². The second-order valence-corrected chi connectivity index (χ2v) is 3.82. The predicted molar refractivity (Wildman–Crippen MR) is 70.1 cm³/mol. The highest BCUT2D eigenvalue weighted by Crippen LogP contribution is 2.18. The molecule has 6 heteroatoms. The number of nitrogens with zero attached hydrogens (tertiary/aromatic N) is 1. The fourth-order valence-electron chi connectivity index (χ4n) is 1.39. The molecule has 0 aliphatic heterocycles. The molecule has 0 amide bonds. The van der Waals surface area contributed by atoms with Crippen molar-refractivity contribution in [3.63, 3.8) is 0 Å². The van der Waals surface area contributed by atoms with Crippen LogP contribution in [0, 0.1) is 17.1 Å². The van der Waals surface area contributed by atoms with Gasteiger partial charge in [-0.15, -0.1) is 0 Å². The van der Waals surface area contributed by atoms with E-state index < -0.39 is 5.82 Å². The van der Waals surface area contributed by atoms with E-state index in [1.54, 1.807) is 7.11 Å². The highest BCUT2D eigenvalue weighted by atomic mass is 19.1. The monoisotopic (exact) mass is 283 g/mol. The standard InChI is InChI=1S/C14H18FNO4/c1-17-4-5-18-6-7-19-8-9-20-14-3-2-13(15)10-12(14)11-16/h2-3,10H,4-9H2,1H3. The van der Waals surface area contributed by atoms with Crippen molar-refractivity contribution >= 4 is 0 Å². The van der Waals surface area contributed by atoms with E-state index in [0.29, 0.717) is 45.4 Å². The van der Waals surface area contributed by atoms with Gasteiger partial charge in [-0.1, -0.05) is 0 Å². The Bertz CT molecular complexity index is 434. The zero-order chi connectivity index (χ0) is 14.6. The third kappa shape index (κ3) is 6.48. The van der Waals surface area contributed by atoms with Crippen molar-refractivity contribution in [3.05, 3.63) is 29.6 Å². The Hall–Kier alpha value is -1.68. The van der Waals surface area contributed by atoms with Crippen LogP contribution in [0.1, 0.15) is 5.56 Å². The maximum atomic E-state index is 12.9. The molecule has 1 rings (SSSR count). The highest BCUT2D eigenvalue weighted by Gasteiger charge is 2.04. The topological polar surface area (TPSA) is 60.7 Å². The number of nitriles is 1. The van der Waals surface area contributed by atoms with E-state index in [0.717, 1.165) is 6.07 Å². The summed E-state index contributed by atoms with van der Waals surface area (Å²) in [4.78, 5) is 0. The molecule has 0 unspecified atom stereocenters. The molecule has 0 aromatic heterocycles. The number of hydrogen-bond donors (Lipinski definition) is 0. The van der Waals surface area contributed by atoms with E-state index in [9.17, 15) is 4.39 Å². The van der Waals surface area contributed by atoms with Crippen molar-refractivity contribution in [1.82, 2.24) is 0 Å². The molecule has 0 heterocycles. The van der Waals surface area contributed by atoms with Crippen molar-refractivity contribution in [2.24, 2.45) is 0 Å². The van der Waals surface area contributed by atoms with Gasteiger partial charge in [-0.3, -0.25) is 0 Å². The number of hydrogen-bond acceptors (Lipinski definition) is 5. The number of benzene rings is 1. The average Bonchev–Trinajstić information content (AvgIpc) is 2.46. The minimum atomic E-state index is -0.460. The Labute approximate surface area is 117 Å². The van der Waals surface area contributed by atoms with Gasteiger partial charge < -0.3 is 18.9 Å². The van der Waals surface area contributed by atoms with Gasteiger partial charge in [0.15, 0.2) is 0 Å². The van der Waals surface area contributed by atoms with Gasteiger partial charge in [0.25, 0.3) is 0 Å². The molecule has 0 radical (unpaired) electrons. The predicted octanol–water partition coefficient (Wildman–Crippen LogP) is 1.76. The Morgan fingerprint density at radius 1 is 1.05 bits per heavy atom. The highest BCUT2D eigenvalue weighted by molar-refractivity contribution is 5.42. The van der Waals surface area contributed by atoms with Crippen LogP contribution >= 0.6 is 0 Å². The van der Waals surface area contributed by atoms with Crippen molar-refractivity contribution in [1.29, 1.82) is 5.26 Å². The summed E-state index contributed by atoms with van der Waals surface area (Å²) in [6.45, 7) is 2.71. The van der Waals surface area contributed by atoms with E-state index in [1.807, 2.05) is 6.07 Å². The normalized spacial score (nSPS) is 10.2. The van der Waals surface area contributed by atoms with Crippen LogP contribution in [0.3, 0.4) is 0 Å². The van der Waals surface area contributed by atoms with Gasteiger partial charge in [-0.05, 0) is 18.2 Å². The van der Waals surface area contributed by atoms with Gasteiger partial charge in [0, 0.05) is 7.11 Å². The lowest BCUT2D eigenvalue weighted by molar-refractivity contribution is 0.0179. The minimum absolute atomic E-state index is 0.174. The summed E-state index contributed by atoms with van der Waals surface area (Å²) in [5.74, 6) is -0.104. The molecule has 0 saturated heterocycles. The van der Waals surface area contributed by atoms with E-state index in [4.69, 9.17) is 24.2 Å². The van der Waals surface area contributed by atoms with Crippen LogP contribution in [0.15, 0.2) is 18.2 Å². The smallest absolute Gasteiger partial charge is 0.137 e. The van der Waals surface area contributed by atoms with Crippen LogP contribution in [0.2, 0.25) is 0 Å². The SMILES string of the molecule is COCCOCCOCCOc1ccc(F)cc1C#N. The first kappa shape index (κ1) is 16.4. The second kappa shape index (κ2) is 10.1. The lowest BCUT2D eigenvalue weighted by Gasteiger charge is -2.08. The zero-order valence-corrected chi connectivity index (χ0v) is 11.4. The largest absolute Gasteiger partial charge is 0.490 e. The van der Waals surface area contributed by atoms with Crippen molar-refractivity contribution < 1.29 is 23.3 Å². The molecule has 0 aliphatic carbocycles. The van der Waals surface area contributed by atoms with Crippen molar-refractivity contribution in [3.8, 4) is 11.8 Å². The molecular weight excluding hydrogens is 265 g/mol. The summed E-state index contributed by atoms with van der Waals surface area (Å²) >= 11 is 0. The molecule has 5 nitrogen and oxygen atoms in total. The number of ether oxygens (including phenoxy) is 4. The van der Waals surface area contributed by atoms with Crippen LogP contribution in [0.4, 0.5) is 4.39 Å². The fraction of sp³-hybridized carbons (Fsp3) is 0.500. The van der Waals surface area contributed by atoms with Gasteiger partial charge in [0.2, 0.25) is 0 Å². The van der Waals surface area contributed by atoms with Crippen LogP contribution in [0.25, 0.3) is 0 Å². The quantitative estimate of drug-likeness (QED) is 0.612. The van der Waals surface area contributed by atoms with Crippen LogP contribution in [-0.2, 0) is 14.2 Å². The molecular formula is C14H18FNO4. The summed E-state index contributed by atoms with van der Waals surface area (Å²) in [7, 11) is 1.61. The molecule has 0 saturated carbocycles. The number of methoxy groups -OCH3 is 1. The molecule has 110 valence electrons. The zero-order valence-electron chi connectivity index (χ0n) is 11.4. The molecule has 0 N–H and O–H groups in total. The van der Waals surface area contributed by atoms with Crippen LogP contribution in [0.5, 0.6) is 5.75 Å². The molecule has 0 aliphatic rings. The Kier molecular flexibility index (Phi) is 8.31. The molecule has 1 aromatic carbocycles. The molecule has 1 aromatic rings. The second-order valence-electron chi connectivity index (χ2n) is 3.82. The fourth-order valence-corrected chi connectivity index (χ4v) is 1.39. The molecule has 0 spiro atoms.